The van der Waals surface area contributed by atoms with Gasteiger partial charge in [-0.25, -0.2) is 9.89 Å². The number of aromatic amines is 1. The molecule has 0 atom stereocenters. The Labute approximate surface area is 122 Å². The van der Waals surface area contributed by atoms with Gasteiger partial charge in [-0.2, -0.15) is 0 Å². The van der Waals surface area contributed by atoms with E-state index in [1.54, 1.807) is 7.11 Å². The van der Waals surface area contributed by atoms with Crippen LogP contribution in [0.3, 0.4) is 0 Å². The number of ether oxygens (including phenoxy) is 1. The molecule has 1 aromatic rings. The van der Waals surface area contributed by atoms with Crippen molar-refractivity contribution in [3.8, 4) is 0 Å². The zero-order chi connectivity index (χ0) is 14.8. The Balaban J connectivity index is 2.43. The molecule has 1 rings (SSSR count). The van der Waals surface area contributed by atoms with Crippen LogP contribution in [0.4, 0.5) is 0 Å². The molecular weight excluding hydrogens is 280 g/mol. The number of carbonyl (C=O) groups is 1. The van der Waals surface area contributed by atoms with Crippen LogP contribution in [0.5, 0.6) is 0 Å². The largest absolute Gasteiger partial charge is 0.385 e. The van der Waals surface area contributed by atoms with Crippen molar-refractivity contribution >= 4 is 17.7 Å². The molecule has 0 spiro atoms. The molecular formula is C12H22N4O3S. The number of thioether (sulfide) groups is 1. The van der Waals surface area contributed by atoms with Crippen molar-refractivity contribution in [1.29, 1.82) is 0 Å². The highest BCUT2D eigenvalue weighted by Crippen LogP contribution is 2.12. The second kappa shape index (κ2) is 9.60. The molecule has 0 aliphatic carbocycles. The number of hydrogen-bond acceptors (Lipinski definition) is 5. The summed E-state index contributed by atoms with van der Waals surface area (Å²) in [4.78, 5) is 23.2. The van der Waals surface area contributed by atoms with Crippen molar-refractivity contribution in [3.05, 3.63) is 10.5 Å². The average Bonchev–Trinajstić information content (AvgIpc) is 2.78. The fourth-order valence-electron chi connectivity index (χ4n) is 1.56. The van der Waals surface area contributed by atoms with E-state index in [0.29, 0.717) is 24.9 Å². The predicted octanol–water partition coefficient (Wildman–Crippen LogP) is 0.616. The van der Waals surface area contributed by atoms with Crippen molar-refractivity contribution in [2.24, 2.45) is 0 Å². The summed E-state index contributed by atoms with van der Waals surface area (Å²) in [5.41, 5.74) is -0.255. The molecule has 2 N–H and O–H groups in total. The quantitative estimate of drug-likeness (QED) is 0.488. The summed E-state index contributed by atoms with van der Waals surface area (Å²) < 4.78 is 6.49. The van der Waals surface area contributed by atoms with Gasteiger partial charge in [-0.1, -0.05) is 25.1 Å². The highest BCUT2D eigenvalue weighted by molar-refractivity contribution is 7.99. The number of methoxy groups -OCH3 is 1. The number of rotatable bonds is 10. The minimum absolute atomic E-state index is 0.0395. The van der Waals surface area contributed by atoms with Crippen molar-refractivity contribution in [2.45, 2.75) is 37.9 Å². The normalized spacial score (nSPS) is 10.7. The van der Waals surface area contributed by atoms with Gasteiger partial charge in [-0.3, -0.25) is 9.36 Å². The smallest absolute Gasteiger partial charge is 0.343 e. The molecule has 0 aromatic carbocycles. The van der Waals surface area contributed by atoms with Gasteiger partial charge in [-0.15, -0.1) is 5.10 Å². The van der Waals surface area contributed by atoms with E-state index >= 15 is 0 Å². The molecule has 0 aliphatic heterocycles. The lowest BCUT2D eigenvalue weighted by atomic mass is 10.3. The van der Waals surface area contributed by atoms with Crippen LogP contribution in [0.1, 0.15) is 26.2 Å². The van der Waals surface area contributed by atoms with Gasteiger partial charge in [-0.05, 0) is 12.8 Å². The summed E-state index contributed by atoms with van der Waals surface area (Å²) in [6.45, 7) is 3.88. The predicted molar refractivity (Wildman–Crippen MR) is 78.0 cm³/mol. The first-order valence-electron chi connectivity index (χ1n) is 6.72. The molecule has 0 radical (unpaired) electrons. The minimum Gasteiger partial charge on any atom is -0.385 e. The van der Waals surface area contributed by atoms with E-state index in [-0.39, 0.29) is 17.3 Å². The Morgan fingerprint density at radius 2 is 2.30 bits per heavy atom. The van der Waals surface area contributed by atoms with Crippen LogP contribution >= 0.6 is 11.8 Å². The van der Waals surface area contributed by atoms with Crippen molar-refractivity contribution in [2.75, 3.05) is 26.0 Å². The number of aromatic nitrogens is 3. The molecule has 0 saturated carbocycles. The van der Waals surface area contributed by atoms with E-state index in [2.05, 4.69) is 22.4 Å². The van der Waals surface area contributed by atoms with Gasteiger partial charge in [0.15, 0.2) is 5.16 Å². The summed E-state index contributed by atoms with van der Waals surface area (Å²) >= 11 is 1.26. The monoisotopic (exact) mass is 302 g/mol. The second-order valence-electron chi connectivity index (χ2n) is 4.30. The Bertz CT molecular complexity index is 458. The number of carbonyl (C=O) groups excluding carboxylic acids is 1. The molecule has 1 aromatic heterocycles. The number of unbranched alkanes of at least 4 members (excludes halogenated alkanes) is 1. The van der Waals surface area contributed by atoms with Crippen molar-refractivity contribution in [3.63, 3.8) is 0 Å². The Kier molecular flexibility index (Phi) is 8.05. The van der Waals surface area contributed by atoms with Gasteiger partial charge >= 0.3 is 5.69 Å². The van der Waals surface area contributed by atoms with E-state index in [1.165, 1.54) is 16.3 Å². The molecule has 8 heteroatoms. The number of hydrogen-bond donors (Lipinski definition) is 2. The van der Waals surface area contributed by atoms with Gasteiger partial charge < -0.3 is 10.1 Å². The zero-order valence-electron chi connectivity index (χ0n) is 12.0. The molecule has 114 valence electrons. The first-order chi connectivity index (χ1) is 9.69. The molecule has 1 heterocycles. The second-order valence-corrected chi connectivity index (χ2v) is 5.24. The summed E-state index contributed by atoms with van der Waals surface area (Å²) in [5, 5.41) is 9.70. The molecule has 0 saturated heterocycles. The van der Waals surface area contributed by atoms with E-state index in [1.807, 2.05) is 0 Å². The summed E-state index contributed by atoms with van der Waals surface area (Å²) in [6, 6.07) is 0. The summed E-state index contributed by atoms with van der Waals surface area (Å²) in [6.07, 6.45) is 2.75. The summed E-state index contributed by atoms with van der Waals surface area (Å²) in [7, 11) is 1.62. The van der Waals surface area contributed by atoms with Gasteiger partial charge in [0.1, 0.15) is 0 Å². The molecule has 0 unspecified atom stereocenters. The molecule has 1 amide bonds. The lowest BCUT2D eigenvalue weighted by molar-refractivity contribution is -0.118. The van der Waals surface area contributed by atoms with Crippen LogP contribution in [-0.2, 0) is 16.1 Å². The van der Waals surface area contributed by atoms with Gasteiger partial charge in [0.05, 0.1) is 5.75 Å². The maximum absolute atomic E-state index is 11.6. The van der Waals surface area contributed by atoms with Gasteiger partial charge in [0.2, 0.25) is 5.91 Å². The van der Waals surface area contributed by atoms with Crippen molar-refractivity contribution in [1.82, 2.24) is 20.1 Å². The first-order valence-corrected chi connectivity index (χ1v) is 7.71. The third-order valence-electron chi connectivity index (χ3n) is 2.64. The Morgan fingerprint density at radius 3 is 3.00 bits per heavy atom. The van der Waals surface area contributed by atoms with Crippen LogP contribution in [0.25, 0.3) is 0 Å². The van der Waals surface area contributed by atoms with E-state index in [4.69, 9.17) is 4.74 Å². The Hall–Kier alpha value is -1.28. The lowest BCUT2D eigenvalue weighted by Gasteiger charge is -2.05. The van der Waals surface area contributed by atoms with E-state index in [9.17, 15) is 9.59 Å². The fourth-order valence-corrected chi connectivity index (χ4v) is 2.37. The van der Waals surface area contributed by atoms with E-state index < -0.39 is 0 Å². The van der Waals surface area contributed by atoms with Crippen LogP contribution in [-0.4, -0.2) is 46.7 Å². The number of H-pyrrole nitrogens is 1. The Morgan fingerprint density at radius 1 is 1.50 bits per heavy atom. The average molecular weight is 302 g/mol. The van der Waals surface area contributed by atoms with Crippen molar-refractivity contribution < 1.29 is 9.53 Å². The number of nitrogens with one attached hydrogen (secondary N) is 2. The van der Waals surface area contributed by atoms with Crippen LogP contribution in [0.15, 0.2) is 9.95 Å². The highest BCUT2D eigenvalue weighted by atomic mass is 32.2. The minimum atomic E-state index is -0.255. The molecule has 0 aliphatic rings. The fraction of sp³-hybridized carbons (Fsp3) is 0.750. The van der Waals surface area contributed by atoms with E-state index in [0.717, 1.165) is 19.3 Å². The SMILES string of the molecule is CCCCNC(=O)CSc1n[nH]c(=O)n1CCCOC. The highest BCUT2D eigenvalue weighted by Gasteiger charge is 2.10. The lowest BCUT2D eigenvalue weighted by Crippen LogP contribution is -2.26. The molecule has 0 fully saturated rings. The third kappa shape index (κ3) is 5.79. The summed E-state index contributed by atoms with van der Waals surface area (Å²) in [5.74, 6) is 0.223. The van der Waals surface area contributed by atoms with Crippen LogP contribution in [0.2, 0.25) is 0 Å². The standard InChI is InChI=1S/C12H22N4O3S/c1-3-4-6-13-10(17)9-20-12-15-14-11(18)16(12)7-5-8-19-2/h3-9H2,1-2H3,(H,13,17)(H,14,18). The number of amides is 1. The maximum atomic E-state index is 11.6. The third-order valence-corrected chi connectivity index (χ3v) is 3.61. The van der Waals surface area contributed by atoms with Crippen LogP contribution < -0.4 is 11.0 Å². The van der Waals surface area contributed by atoms with Gasteiger partial charge in [0, 0.05) is 26.8 Å². The number of nitrogens with zero attached hydrogens (tertiary/aromatic N) is 2. The molecule has 20 heavy (non-hydrogen) atoms. The van der Waals surface area contributed by atoms with Crippen LogP contribution in [0, 0.1) is 0 Å². The maximum Gasteiger partial charge on any atom is 0.343 e. The molecule has 0 bridgehead atoms. The molecule has 7 nitrogen and oxygen atoms in total. The van der Waals surface area contributed by atoms with Gasteiger partial charge in [0.25, 0.3) is 0 Å². The topological polar surface area (TPSA) is 89.0 Å². The zero-order valence-corrected chi connectivity index (χ0v) is 12.8. The first kappa shape index (κ1) is 16.8.